The molecule has 5 rings (SSSR count). The van der Waals surface area contributed by atoms with E-state index in [2.05, 4.69) is 0 Å². The Bertz CT molecular complexity index is 1330. The highest BCUT2D eigenvalue weighted by Crippen LogP contribution is 2.34. The van der Waals surface area contributed by atoms with Crippen LogP contribution >= 0.6 is 11.3 Å². The van der Waals surface area contributed by atoms with Crippen molar-refractivity contribution in [3.63, 3.8) is 0 Å². The van der Waals surface area contributed by atoms with Gasteiger partial charge in [0.2, 0.25) is 15.9 Å². The van der Waals surface area contributed by atoms with E-state index in [-0.39, 0.29) is 17.9 Å². The van der Waals surface area contributed by atoms with Crippen LogP contribution < -0.4 is 9.64 Å². The number of amides is 1. The molecule has 0 radical (unpaired) electrons. The normalized spacial score (nSPS) is 19.6. The third-order valence-corrected chi connectivity index (χ3v) is 9.91. The first kappa shape index (κ1) is 25.1. The smallest absolute Gasteiger partial charge is 0.243 e. The summed E-state index contributed by atoms with van der Waals surface area (Å²) in [6, 6.07) is 12.6. The first-order valence-electron chi connectivity index (χ1n) is 12.3. The fourth-order valence-corrected chi connectivity index (χ4v) is 7.29. The standard InChI is InChI=1S/C26H31N3O5S2/c1-18-5-8-22(9-6-18)36(31,32)28-13-11-19(12-14-28)25(30)29(17-21-4-3-15-34-21)26-27-23-10-7-20(33-2)16-24(23)35-26/h5-10,16,19,21H,3-4,11-15,17H2,1-2H3. The maximum atomic E-state index is 13.8. The Morgan fingerprint density at radius 2 is 1.92 bits per heavy atom. The van der Waals surface area contributed by atoms with Gasteiger partial charge in [0, 0.05) is 25.6 Å². The van der Waals surface area contributed by atoms with Crippen LogP contribution in [0.1, 0.15) is 31.2 Å². The number of aryl methyl sites for hydroxylation is 1. The molecule has 0 spiro atoms. The van der Waals surface area contributed by atoms with Gasteiger partial charge in [-0.3, -0.25) is 9.69 Å². The van der Waals surface area contributed by atoms with Gasteiger partial charge in [-0.1, -0.05) is 29.0 Å². The third-order valence-electron chi connectivity index (χ3n) is 6.95. The number of benzene rings is 2. The molecule has 1 atom stereocenters. The molecule has 2 saturated heterocycles. The molecular formula is C26H31N3O5S2. The number of fused-ring (bicyclic) bond motifs is 1. The Morgan fingerprint density at radius 3 is 2.58 bits per heavy atom. The first-order chi connectivity index (χ1) is 17.3. The maximum Gasteiger partial charge on any atom is 0.243 e. The zero-order valence-electron chi connectivity index (χ0n) is 20.6. The Morgan fingerprint density at radius 1 is 1.17 bits per heavy atom. The largest absolute Gasteiger partial charge is 0.497 e. The number of aromatic nitrogens is 1. The summed E-state index contributed by atoms with van der Waals surface area (Å²) in [5.74, 6) is 0.471. The van der Waals surface area contributed by atoms with Crippen LogP contribution in [-0.4, -0.2) is 63.1 Å². The molecule has 8 nitrogen and oxygen atoms in total. The molecule has 1 amide bonds. The minimum atomic E-state index is -3.58. The van der Waals surface area contributed by atoms with Crippen LogP contribution in [0.5, 0.6) is 5.75 Å². The molecule has 0 saturated carbocycles. The lowest BCUT2D eigenvalue weighted by Gasteiger charge is -2.33. The van der Waals surface area contributed by atoms with Gasteiger partial charge in [0.05, 0.1) is 34.9 Å². The zero-order chi connectivity index (χ0) is 25.3. The van der Waals surface area contributed by atoms with Gasteiger partial charge in [0.1, 0.15) is 5.75 Å². The van der Waals surface area contributed by atoms with Gasteiger partial charge >= 0.3 is 0 Å². The molecule has 3 aromatic rings. The number of ether oxygens (including phenoxy) is 2. The predicted molar refractivity (Wildman–Crippen MR) is 140 cm³/mol. The number of rotatable bonds is 7. The van der Waals surface area contributed by atoms with Crippen LogP contribution in [0.25, 0.3) is 10.2 Å². The minimum Gasteiger partial charge on any atom is -0.497 e. The van der Waals surface area contributed by atoms with E-state index in [0.717, 1.165) is 34.4 Å². The number of anilines is 1. The van der Waals surface area contributed by atoms with Crippen molar-refractivity contribution in [2.75, 3.05) is 38.3 Å². The second-order valence-electron chi connectivity index (χ2n) is 9.41. The summed E-state index contributed by atoms with van der Waals surface area (Å²) in [6.07, 6.45) is 2.84. The molecule has 1 aromatic heterocycles. The molecule has 2 aliphatic rings. The average molecular weight is 530 g/mol. The molecular weight excluding hydrogens is 498 g/mol. The van der Waals surface area contributed by atoms with Gasteiger partial charge in [0.15, 0.2) is 5.13 Å². The number of thiazole rings is 1. The van der Waals surface area contributed by atoms with Crippen molar-refractivity contribution >= 4 is 42.6 Å². The Hall–Kier alpha value is -2.53. The highest BCUT2D eigenvalue weighted by Gasteiger charge is 2.36. The number of methoxy groups -OCH3 is 1. The van der Waals surface area contributed by atoms with Crippen LogP contribution in [-0.2, 0) is 19.6 Å². The van der Waals surface area contributed by atoms with Crippen molar-refractivity contribution in [1.82, 2.24) is 9.29 Å². The summed E-state index contributed by atoms with van der Waals surface area (Å²) in [5.41, 5.74) is 1.83. The number of nitrogens with zero attached hydrogens (tertiary/aromatic N) is 3. The van der Waals surface area contributed by atoms with Crippen molar-refractivity contribution in [3.8, 4) is 5.75 Å². The lowest BCUT2D eigenvalue weighted by atomic mass is 9.96. The van der Waals surface area contributed by atoms with Crippen LogP contribution in [0.15, 0.2) is 47.4 Å². The van der Waals surface area contributed by atoms with Crippen molar-refractivity contribution in [3.05, 3.63) is 48.0 Å². The Balaban J connectivity index is 1.34. The molecule has 1 unspecified atom stereocenters. The Labute approximate surface area is 215 Å². The molecule has 0 aliphatic carbocycles. The number of piperidine rings is 1. The van der Waals surface area contributed by atoms with Gasteiger partial charge in [0.25, 0.3) is 0 Å². The summed E-state index contributed by atoms with van der Waals surface area (Å²) in [5, 5.41) is 0.647. The van der Waals surface area contributed by atoms with E-state index in [4.69, 9.17) is 14.5 Å². The third kappa shape index (κ3) is 5.13. The lowest BCUT2D eigenvalue weighted by Crippen LogP contribution is -2.46. The highest BCUT2D eigenvalue weighted by molar-refractivity contribution is 7.89. The van der Waals surface area contributed by atoms with Crippen molar-refractivity contribution < 1.29 is 22.7 Å². The quantitative estimate of drug-likeness (QED) is 0.455. The molecule has 0 N–H and O–H groups in total. The van der Waals surface area contributed by atoms with Crippen molar-refractivity contribution in [2.45, 2.75) is 43.6 Å². The van der Waals surface area contributed by atoms with E-state index < -0.39 is 10.0 Å². The highest BCUT2D eigenvalue weighted by atomic mass is 32.2. The van der Waals surface area contributed by atoms with E-state index >= 15 is 0 Å². The zero-order valence-corrected chi connectivity index (χ0v) is 22.2. The molecule has 10 heteroatoms. The lowest BCUT2D eigenvalue weighted by molar-refractivity contribution is -0.123. The fraction of sp³-hybridized carbons (Fsp3) is 0.462. The molecule has 2 aromatic carbocycles. The summed E-state index contributed by atoms with van der Waals surface area (Å²) < 4.78 is 39.9. The molecule has 192 valence electrons. The fourth-order valence-electron chi connectivity index (χ4n) is 4.81. The van der Waals surface area contributed by atoms with E-state index in [1.807, 2.05) is 25.1 Å². The van der Waals surface area contributed by atoms with Crippen LogP contribution in [0.4, 0.5) is 5.13 Å². The second-order valence-corrected chi connectivity index (χ2v) is 12.4. The van der Waals surface area contributed by atoms with Crippen molar-refractivity contribution in [2.24, 2.45) is 5.92 Å². The topological polar surface area (TPSA) is 89.0 Å². The molecule has 0 bridgehead atoms. The molecule has 2 fully saturated rings. The SMILES string of the molecule is COc1ccc2nc(N(CC3CCCO3)C(=O)C3CCN(S(=O)(=O)c4ccc(C)cc4)CC3)sc2c1. The van der Waals surface area contributed by atoms with Gasteiger partial charge in [-0.15, -0.1) is 0 Å². The number of sulfonamides is 1. The van der Waals surface area contributed by atoms with Gasteiger partial charge < -0.3 is 9.47 Å². The van der Waals surface area contributed by atoms with Gasteiger partial charge in [-0.05, 0) is 62.9 Å². The van der Waals surface area contributed by atoms with Gasteiger partial charge in [-0.2, -0.15) is 4.31 Å². The second kappa shape index (κ2) is 10.5. The number of carbonyl (C=O) groups excluding carboxylic acids is 1. The van der Waals surface area contributed by atoms with Gasteiger partial charge in [-0.25, -0.2) is 13.4 Å². The average Bonchev–Trinajstić information content (AvgIpc) is 3.56. The maximum absolute atomic E-state index is 13.8. The van der Waals surface area contributed by atoms with E-state index in [1.54, 1.807) is 36.3 Å². The van der Waals surface area contributed by atoms with E-state index in [0.29, 0.717) is 49.1 Å². The number of hydrogen-bond acceptors (Lipinski definition) is 7. The van der Waals surface area contributed by atoms with Crippen LogP contribution in [0.3, 0.4) is 0 Å². The number of hydrogen-bond donors (Lipinski definition) is 0. The van der Waals surface area contributed by atoms with E-state index in [9.17, 15) is 13.2 Å². The van der Waals surface area contributed by atoms with E-state index in [1.165, 1.54) is 15.6 Å². The molecule has 36 heavy (non-hydrogen) atoms. The summed E-state index contributed by atoms with van der Waals surface area (Å²) in [4.78, 5) is 20.6. The van der Waals surface area contributed by atoms with Crippen LogP contribution in [0, 0.1) is 12.8 Å². The van der Waals surface area contributed by atoms with Crippen molar-refractivity contribution in [1.29, 1.82) is 0 Å². The Kier molecular flexibility index (Phi) is 7.30. The molecule has 2 aliphatic heterocycles. The molecule has 3 heterocycles. The first-order valence-corrected chi connectivity index (χ1v) is 14.5. The van der Waals surface area contributed by atoms with Crippen LogP contribution in [0.2, 0.25) is 0 Å². The number of carbonyl (C=O) groups is 1. The minimum absolute atomic E-state index is 0.0103. The summed E-state index contributed by atoms with van der Waals surface area (Å²) in [7, 11) is -1.95. The summed E-state index contributed by atoms with van der Waals surface area (Å²) in [6.45, 7) is 3.73. The monoisotopic (exact) mass is 529 g/mol. The predicted octanol–water partition coefficient (Wildman–Crippen LogP) is 4.23. The summed E-state index contributed by atoms with van der Waals surface area (Å²) >= 11 is 1.47.